The fraction of sp³-hybridized carbons (Fsp3) is 0.214. The van der Waals surface area contributed by atoms with Gasteiger partial charge in [-0.25, -0.2) is 4.98 Å². The third-order valence-corrected chi connectivity index (χ3v) is 7.18. The number of amides is 1. The number of fused-ring (bicyclic) bond motifs is 1. The molecule has 8 heteroatoms. The lowest BCUT2D eigenvalue weighted by Crippen LogP contribution is -2.32. The Bertz CT molecular complexity index is 1540. The first-order chi connectivity index (χ1) is 17.4. The second-order valence-corrected chi connectivity index (χ2v) is 9.82. The van der Waals surface area contributed by atoms with E-state index in [1.165, 1.54) is 11.8 Å². The minimum atomic E-state index is -0.379. The van der Waals surface area contributed by atoms with E-state index in [1.807, 2.05) is 77.7 Å². The molecule has 0 saturated heterocycles. The van der Waals surface area contributed by atoms with Crippen LogP contribution in [0.2, 0.25) is 0 Å². The van der Waals surface area contributed by atoms with Crippen LogP contribution in [0.1, 0.15) is 34.4 Å². The number of carbonyl (C=O) groups excluding carboxylic acids is 1. The van der Waals surface area contributed by atoms with Crippen molar-refractivity contribution in [3.8, 4) is 5.69 Å². The second-order valence-electron chi connectivity index (χ2n) is 8.87. The molecule has 2 aromatic heterocycles. The molecule has 1 N–H and O–H groups in total. The molecule has 5 aromatic rings. The van der Waals surface area contributed by atoms with Crippen LogP contribution in [0.3, 0.4) is 0 Å². The smallest absolute Gasteiger partial charge is 0.231 e. The number of para-hydroxylation sites is 2. The minimum absolute atomic E-state index is 0.103. The van der Waals surface area contributed by atoms with E-state index in [-0.39, 0.29) is 17.7 Å². The van der Waals surface area contributed by atoms with Crippen LogP contribution in [-0.4, -0.2) is 36.0 Å². The largest absolute Gasteiger partial charge is 0.341 e. The number of thioether (sulfide) groups is 1. The monoisotopic (exact) mass is 496 g/mol. The van der Waals surface area contributed by atoms with Gasteiger partial charge in [-0.1, -0.05) is 66.4 Å². The van der Waals surface area contributed by atoms with Gasteiger partial charge in [-0.05, 0) is 55.7 Å². The lowest BCUT2D eigenvalue weighted by atomic mass is 10.1. The number of nitrogens with one attached hydrogen (secondary N) is 1. The molecule has 0 aliphatic rings. The van der Waals surface area contributed by atoms with Gasteiger partial charge in [0.15, 0.2) is 5.16 Å². The van der Waals surface area contributed by atoms with Crippen LogP contribution in [0.25, 0.3) is 16.7 Å². The van der Waals surface area contributed by atoms with Gasteiger partial charge in [0.1, 0.15) is 17.7 Å². The summed E-state index contributed by atoms with van der Waals surface area (Å²) in [5.74, 6) is 1.67. The first-order valence-electron chi connectivity index (χ1n) is 11.8. The van der Waals surface area contributed by atoms with E-state index in [0.29, 0.717) is 5.16 Å². The molecule has 5 rings (SSSR count). The molecule has 0 fully saturated rings. The van der Waals surface area contributed by atoms with E-state index in [0.717, 1.165) is 45.1 Å². The topological polar surface area (TPSA) is 77.6 Å². The van der Waals surface area contributed by atoms with Crippen LogP contribution in [0, 0.1) is 20.8 Å². The molecule has 2 heterocycles. The number of aryl methyl sites for hydroxylation is 4. The normalized spacial score (nSPS) is 12.1. The molecule has 0 radical (unpaired) electrons. The van der Waals surface area contributed by atoms with E-state index in [9.17, 15) is 4.79 Å². The van der Waals surface area contributed by atoms with E-state index in [2.05, 4.69) is 47.6 Å². The van der Waals surface area contributed by atoms with Crippen molar-refractivity contribution in [3.63, 3.8) is 0 Å². The third kappa shape index (κ3) is 4.64. The zero-order chi connectivity index (χ0) is 25.2. The number of hydrogen-bond donors (Lipinski definition) is 1. The van der Waals surface area contributed by atoms with Crippen molar-refractivity contribution in [1.29, 1.82) is 0 Å². The molecule has 0 bridgehead atoms. The van der Waals surface area contributed by atoms with Crippen molar-refractivity contribution < 1.29 is 4.79 Å². The maximum Gasteiger partial charge on any atom is 0.231 e. The van der Waals surface area contributed by atoms with Crippen molar-refractivity contribution in [2.75, 3.05) is 5.75 Å². The molecule has 7 nitrogen and oxygen atoms in total. The number of hydrogen-bond acceptors (Lipinski definition) is 5. The van der Waals surface area contributed by atoms with Crippen LogP contribution in [0.4, 0.5) is 0 Å². The maximum atomic E-state index is 13.2. The van der Waals surface area contributed by atoms with Crippen molar-refractivity contribution >= 4 is 28.7 Å². The molecule has 1 amide bonds. The number of benzene rings is 3. The quantitative estimate of drug-likeness (QED) is 0.318. The van der Waals surface area contributed by atoms with Crippen molar-refractivity contribution in [2.45, 2.75) is 32.0 Å². The molecule has 0 spiro atoms. The molecule has 182 valence electrons. The summed E-state index contributed by atoms with van der Waals surface area (Å²) < 4.78 is 4.06. The van der Waals surface area contributed by atoms with E-state index >= 15 is 0 Å². The lowest BCUT2D eigenvalue weighted by Gasteiger charge is -2.19. The van der Waals surface area contributed by atoms with Gasteiger partial charge in [0.2, 0.25) is 5.91 Å². The summed E-state index contributed by atoms with van der Waals surface area (Å²) in [5, 5.41) is 12.5. The van der Waals surface area contributed by atoms with Crippen molar-refractivity contribution in [3.05, 3.63) is 101 Å². The fourth-order valence-electron chi connectivity index (χ4n) is 4.37. The predicted molar refractivity (Wildman–Crippen MR) is 143 cm³/mol. The number of rotatable bonds is 7. The summed E-state index contributed by atoms with van der Waals surface area (Å²) in [4.78, 5) is 18.1. The van der Waals surface area contributed by atoms with Crippen LogP contribution in [0.5, 0.6) is 0 Å². The van der Waals surface area contributed by atoms with E-state index in [1.54, 1.807) is 0 Å². The van der Waals surface area contributed by atoms with Gasteiger partial charge in [-0.2, -0.15) is 0 Å². The van der Waals surface area contributed by atoms with Gasteiger partial charge in [-0.3, -0.25) is 9.36 Å². The van der Waals surface area contributed by atoms with Gasteiger partial charge in [0.25, 0.3) is 0 Å². The summed E-state index contributed by atoms with van der Waals surface area (Å²) in [5.41, 5.74) is 6.21. The number of aromatic nitrogens is 5. The van der Waals surface area contributed by atoms with E-state index < -0.39 is 0 Å². The Morgan fingerprint density at radius 2 is 1.72 bits per heavy atom. The van der Waals surface area contributed by atoms with Gasteiger partial charge >= 0.3 is 0 Å². The zero-order valence-electron chi connectivity index (χ0n) is 20.8. The minimum Gasteiger partial charge on any atom is -0.341 e. The zero-order valence-corrected chi connectivity index (χ0v) is 21.6. The number of nitrogens with zero attached hydrogens (tertiary/aromatic N) is 5. The van der Waals surface area contributed by atoms with Crippen LogP contribution < -0.4 is 5.32 Å². The molecular formula is C28H28N6OS. The average Bonchev–Trinajstić information content (AvgIpc) is 3.42. The first-order valence-corrected chi connectivity index (χ1v) is 12.8. The molecule has 36 heavy (non-hydrogen) atoms. The summed E-state index contributed by atoms with van der Waals surface area (Å²) >= 11 is 1.38. The highest BCUT2D eigenvalue weighted by Crippen LogP contribution is 2.27. The molecule has 1 atom stereocenters. The average molecular weight is 497 g/mol. The summed E-state index contributed by atoms with van der Waals surface area (Å²) in [6.07, 6.45) is 0. The van der Waals surface area contributed by atoms with Gasteiger partial charge in [0, 0.05) is 7.05 Å². The Morgan fingerprint density at radius 3 is 2.50 bits per heavy atom. The summed E-state index contributed by atoms with van der Waals surface area (Å²) in [6.45, 7) is 6.06. The molecule has 0 aliphatic carbocycles. The standard InChI is InChI=1S/C28H28N6OS/c1-18-14-15-19(2)24(16-18)34-20(3)31-32-28(34)36-17-25(35)30-26(21-10-6-5-7-11-21)27-29-22-12-8-9-13-23(22)33(27)4/h5-16,26H,17H2,1-4H3,(H,30,35). The Balaban J connectivity index is 1.40. The van der Waals surface area contributed by atoms with E-state index in [4.69, 9.17) is 4.98 Å². The Labute approximate surface area is 214 Å². The SMILES string of the molecule is Cc1ccc(C)c(-n2c(C)nnc2SCC(=O)NC(c2ccccc2)c2nc3ccccc3n2C)c1. The molecule has 0 saturated carbocycles. The highest BCUT2D eigenvalue weighted by Gasteiger charge is 2.23. The van der Waals surface area contributed by atoms with Gasteiger partial charge < -0.3 is 9.88 Å². The van der Waals surface area contributed by atoms with Crippen molar-refractivity contribution in [2.24, 2.45) is 7.05 Å². The summed E-state index contributed by atoms with van der Waals surface area (Å²) in [6, 6.07) is 23.8. The fourth-order valence-corrected chi connectivity index (χ4v) is 5.17. The molecule has 0 aliphatic heterocycles. The van der Waals surface area contributed by atoms with Crippen LogP contribution in [0.15, 0.2) is 78.0 Å². The Kier molecular flexibility index (Phi) is 6.61. The Hall–Kier alpha value is -3.91. The molecule has 3 aromatic carbocycles. The lowest BCUT2D eigenvalue weighted by molar-refractivity contribution is -0.119. The van der Waals surface area contributed by atoms with Crippen LogP contribution >= 0.6 is 11.8 Å². The predicted octanol–water partition coefficient (Wildman–Crippen LogP) is 5.08. The maximum absolute atomic E-state index is 13.2. The highest BCUT2D eigenvalue weighted by atomic mass is 32.2. The number of imidazole rings is 1. The second kappa shape index (κ2) is 9.99. The van der Waals surface area contributed by atoms with Gasteiger partial charge in [-0.15, -0.1) is 10.2 Å². The van der Waals surface area contributed by atoms with Crippen LogP contribution in [-0.2, 0) is 11.8 Å². The molecular weight excluding hydrogens is 468 g/mol. The third-order valence-electron chi connectivity index (χ3n) is 6.25. The van der Waals surface area contributed by atoms with Gasteiger partial charge in [0.05, 0.1) is 22.5 Å². The summed E-state index contributed by atoms with van der Waals surface area (Å²) in [7, 11) is 1.98. The first kappa shape index (κ1) is 23.8. The molecule has 1 unspecified atom stereocenters. The number of carbonyl (C=O) groups is 1. The highest BCUT2D eigenvalue weighted by molar-refractivity contribution is 7.99. The Morgan fingerprint density at radius 1 is 0.972 bits per heavy atom. The van der Waals surface area contributed by atoms with Crippen molar-refractivity contribution in [1.82, 2.24) is 29.6 Å².